The third kappa shape index (κ3) is 2.67. The van der Waals surface area contributed by atoms with E-state index in [1.807, 2.05) is 0 Å². The van der Waals surface area contributed by atoms with Crippen LogP contribution in [0.4, 0.5) is 4.39 Å². The average molecular weight is 211 g/mol. The van der Waals surface area contributed by atoms with Crippen LogP contribution in [0.15, 0.2) is 24.3 Å². The van der Waals surface area contributed by atoms with Crippen molar-refractivity contribution in [3.05, 3.63) is 30.1 Å². The van der Waals surface area contributed by atoms with E-state index >= 15 is 0 Å². The summed E-state index contributed by atoms with van der Waals surface area (Å²) in [5.74, 6) is 0.363. The van der Waals surface area contributed by atoms with E-state index in [1.165, 1.54) is 12.1 Å². The summed E-state index contributed by atoms with van der Waals surface area (Å²) in [5, 5.41) is 0. The van der Waals surface area contributed by atoms with E-state index in [0.717, 1.165) is 6.42 Å². The molecule has 82 valence electrons. The first-order chi connectivity index (χ1) is 7.18. The first-order valence-corrected chi connectivity index (χ1v) is 4.93. The van der Waals surface area contributed by atoms with Crippen molar-refractivity contribution < 1.29 is 13.9 Å². The zero-order valence-electron chi connectivity index (χ0n) is 8.41. The van der Waals surface area contributed by atoms with Gasteiger partial charge in [-0.05, 0) is 30.7 Å². The van der Waals surface area contributed by atoms with E-state index in [1.54, 1.807) is 12.1 Å². The lowest BCUT2D eigenvalue weighted by molar-refractivity contribution is 0.151. The molecule has 1 heterocycles. The number of ether oxygens (including phenoxy) is 2. The summed E-state index contributed by atoms with van der Waals surface area (Å²) in [5.41, 5.74) is 5.62. The summed E-state index contributed by atoms with van der Waals surface area (Å²) >= 11 is 0. The van der Waals surface area contributed by atoms with Crippen molar-refractivity contribution in [1.82, 2.24) is 0 Å². The van der Waals surface area contributed by atoms with Gasteiger partial charge in [0.05, 0.1) is 12.1 Å². The molecule has 1 aliphatic rings. The van der Waals surface area contributed by atoms with Crippen molar-refractivity contribution in [2.45, 2.75) is 12.0 Å². The van der Waals surface area contributed by atoms with Gasteiger partial charge in [0.25, 0.3) is 0 Å². The molecule has 0 spiro atoms. The lowest BCUT2D eigenvalue weighted by Crippen LogP contribution is -2.46. The monoisotopic (exact) mass is 211 g/mol. The van der Waals surface area contributed by atoms with Gasteiger partial charge >= 0.3 is 0 Å². The van der Waals surface area contributed by atoms with Crippen molar-refractivity contribution in [1.29, 1.82) is 0 Å². The Labute approximate surface area is 88.0 Å². The molecule has 1 aromatic rings. The summed E-state index contributed by atoms with van der Waals surface area (Å²) in [6.07, 6.45) is 0.800. The van der Waals surface area contributed by atoms with Gasteiger partial charge in [-0.25, -0.2) is 4.39 Å². The highest BCUT2D eigenvalue weighted by atomic mass is 19.1. The predicted octanol–water partition coefficient (Wildman–Crippen LogP) is 1.32. The number of benzene rings is 1. The number of hydrogen-bond donors (Lipinski definition) is 1. The van der Waals surface area contributed by atoms with E-state index < -0.39 is 5.54 Å². The summed E-state index contributed by atoms with van der Waals surface area (Å²) < 4.78 is 23.3. The molecule has 1 saturated heterocycles. The maximum Gasteiger partial charge on any atom is 0.123 e. The first-order valence-electron chi connectivity index (χ1n) is 4.93. The van der Waals surface area contributed by atoms with Crippen molar-refractivity contribution in [2.75, 3.05) is 19.8 Å². The van der Waals surface area contributed by atoms with Crippen LogP contribution in [0.1, 0.15) is 6.42 Å². The Morgan fingerprint density at radius 2 is 2.13 bits per heavy atom. The summed E-state index contributed by atoms with van der Waals surface area (Å²) in [6.45, 7) is 1.61. The number of hydrogen-bond acceptors (Lipinski definition) is 3. The molecule has 1 fully saturated rings. The van der Waals surface area contributed by atoms with Gasteiger partial charge in [-0.1, -0.05) is 0 Å². The fraction of sp³-hybridized carbons (Fsp3) is 0.455. The van der Waals surface area contributed by atoms with Crippen LogP contribution in [-0.4, -0.2) is 25.4 Å². The standard InChI is InChI=1S/C11H14FNO2/c12-9-1-3-10(4-2-9)15-8-11(13)5-6-14-7-11/h1-4H,5-8,13H2. The van der Waals surface area contributed by atoms with Crippen LogP contribution in [0.3, 0.4) is 0 Å². The zero-order chi connectivity index (χ0) is 10.7. The smallest absolute Gasteiger partial charge is 0.123 e. The SMILES string of the molecule is NC1(COc2ccc(F)cc2)CCOC1. The molecule has 0 aliphatic carbocycles. The van der Waals surface area contributed by atoms with Crippen molar-refractivity contribution in [2.24, 2.45) is 5.73 Å². The summed E-state index contributed by atoms with van der Waals surface area (Å²) in [7, 11) is 0. The third-order valence-corrected chi connectivity index (χ3v) is 2.47. The normalized spacial score (nSPS) is 25.5. The molecular formula is C11H14FNO2. The van der Waals surface area contributed by atoms with Crippen LogP contribution in [0.5, 0.6) is 5.75 Å². The molecule has 3 nitrogen and oxygen atoms in total. The molecule has 4 heteroatoms. The third-order valence-electron chi connectivity index (χ3n) is 2.47. The Morgan fingerprint density at radius 3 is 2.73 bits per heavy atom. The fourth-order valence-electron chi connectivity index (χ4n) is 1.49. The van der Waals surface area contributed by atoms with Gasteiger partial charge in [-0.2, -0.15) is 0 Å². The zero-order valence-corrected chi connectivity index (χ0v) is 8.41. The van der Waals surface area contributed by atoms with Gasteiger partial charge in [0.2, 0.25) is 0 Å². The highest BCUT2D eigenvalue weighted by molar-refractivity contribution is 5.22. The summed E-state index contributed by atoms with van der Waals surface area (Å²) in [4.78, 5) is 0. The van der Waals surface area contributed by atoms with Gasteiger partial charge in [0.15, 0.2) is 0 Å². The summed E-state index contributed by atoms with van der Waals surface area (Å²) in [6, 6.07) is 5.91. The topological polar surface area (TPSA) is 44.5 Å². The molecule has 1 atom stereocenters. The molecule has 1 unspecified atom stereocenters. The maximum absolute atomic E-state index is 12.6. The molecule has 1 aromatic carbocycles. The van der Waals surface area contributed by atoms with Crippen LogP contribution in [0.2, 0.25) is 0 Å². The molecule has 0 bridgehead atoms. The minimum Gasteiger partial charge on any atom is -0.492 e. The largest absolute Gasteiger partial charge is 0.492 e. The molecule has 0 radical (unpaired) electrons. The van der Waals surface area contributed by atoms with Gasteiger partial charge in [-0.3, -0.25) is 0 Å². The molecular weight excluding hydrogens is 197 g/mol. The number of halogens is 1. The number of rotatable bonds is 3. The Kier molecular flexibility index (Phi) is 2.88. The maximum atomic E-state index is 12.6. The lowest BCUT2D eigenvalue weighted by Gasteiger charge is -2.21. The lowest BCUT2D eigenvalue weighted by atomic mass is 10.0. The van der Waals surface area contributed by atoms with Crippen LogP contribution in [0, 0.1) is 5.82 Å². The van der Waals surface area contributed by atoms with Crippen LogP contribution < -0.4 is 10.5 Å². The Hall–Kier alpha value is -1.13. The van der Waals surface area contributed by atoms with Gasteiger partial charge in [-0.15, -0.1) is 0 Å². The molecule has 15 heavy (non-hydrogen) atoms. The highest BCUT2D eigenvalue weighted by Crippen LogP contribution is 2.18. The van der Waals surface area contributed by atoms with Gasteiger partial charge < -0.3 is 15.2 Å². The Morgan fingerprint density at radius 1 is 1.40 bits per heavy atom. The van der Waals surface area contributed by atoms with E-state index in [9.17, 15) is 4.39 Å². The van der Waals surface area contributed by atoms with Crippen LogP contribution >= 0.6 is 0 Å². The second-order valence-corrected chi connectivity index (χ2v) is 3.91. The van der Waals surface area contributed by atoms with Crippen molar-refractivity contribution in [3.8, 4) is 5.75 Å². The molecule has 2 N–H and O–H groups in total. The van der Waals surface area contributed by atoms with Crippen molar-refractivity contribution >= 4 is 0 Å². The number of nitrogens with two attached hydrogens (primary N) is 1. The second-order valence-electron chi connectivity index (χ2n) is 3.91. The van der Waals surface area contributed by atoms with E-state index in [4.69, 9.17) is 15.2 Å². The van der Waals surface area contributed by atoms with Gasteiger partial charge in [0.1, 0.15) is 18.2 Å². The molecule has 2 rings (SSSR count). The Balaban J connectivity index is 1.90. The highest BCUT2D eigenvalue weighted by Gasteiger charge is 2.31. The van der Waals surface area contributed by atoms with Crippen molar-refractivity contribution in [3.63, 3.8) is 0 Å². The predicted molar refractivity (Wildman–Crippen MR) is 54.2 cm³/mol. The van der Waals surface area contributed by atoms with Gasteiger partial charge in [0, 0.05) is 6.61 Å². The fourth-order valence-corrected chi connectivity index (χ4v) is 1.49. The molecule has 0 aromatic heterocycles. The minimum absolute atomic E-state index is 0.269. The van der Waals surface area contributed by atoms with E-state index in [2.05, 4.69) is 0 Å². The first kappa shape index (κ1) is 10.4. The molecule has 0 saturated carbocycles. The average Bonchev–Trinajstić information content (AvgIpc) is 2.65. The molecule has 1 aliphatic heterocycles. The van der Waals surface area contributed by atoms with E-state index in [-0.39, 0.29) is 5.82 Å². The minimum atomic E-state index is -0.394. The second kappa shape index (κ2) is 4.16. The van der Waals surface area contributed by atoms with Crippen LogP contribution in [-0.2, 0) is 4.74 Å². The quantitative estimate of drug-likeness (QED) is 0.820. The Bertz CT molecular complexity index is 320. The van der Waals surface area contributed by atoms with Crippen LogP contribution in [0.25, 0.3) is 0 Å². The molecule has 0 amide bonds. The van der Waals surface area contributed by atoms with E-state index in [0.29, 0.717) is 25.6 Å².